The number of aliphatic hydroxyl groups excluding tert-OH is 1. The summed E-state index contributed by atoms with van der Waals surface area (Å²) in [6.07, 6.45) is 3.31. The summed E-state index contributed by atoms with van der Waals surface area (Å²) in [5, 5.41) is 9.59. The first-order valence-electron chi connectivity index (χ1n) is 6.56. The molecule has 0 bridgehead atoms. The van der Waals surface area contributed by atoms with Crippen molar-refractivity contribution in [3.8, 4) is 5.75 Å². The van der Waals surface area contributed by atoms with Gasteiger partial charge in [0.25, 0.3) is 0 Å². The largest absolute Gasteiger partial charge is 0.496 e. The standard InChI is InChI=1S/C16H18BrNO2/c1-20-16-5-3-2-4-13(16)8-12(11-19)9-15-7-6-14(17)10-18-15/h2-7,10,12,19H,8-9,11H2,1H3. The molecule has 1 aromatic heterocycles. The molecule has 106 valence electrons. The molecular formula is C16H18BrNO2. The van der Waals surface area contributed by atoms with Gasteiger partial charge in [-0.2, -0.15) is 0 Å². The highest BCUT2D eigenvalue weighted by molar-refractivity contribution is 9.10. The molecule has 0 fully saturated rings. The van der Waals surface area contributed by atoms with Gasteiger partial charge in [-0.3, -0.25) is 4.98 Å². The smallest absolute Gasteiger partial charge is 0.122 e. The Kier molecular flexibility index (Phi) is 5.56. The lowest BCUT2D eigenvalue weighted by atomic mass is 9.95. The van der Waals surface area contributed by atoms with Crippen LogP contribution in [0.2, 0.25) is 0 Å². The summed E-state index contributed by atoms with van der Waals surface area (Å²) in [5.41, 5.74) is 2.10. The molecule has 1 aromatic carbocycles. The minimum atomic E-state index is 0.135. The normalized spacial score (nSPS) is 12.2. The van der Waals surface area contributed by atoms with Crippen LogP contribution in [0.3, 0.4) is 0 Å². The monoisotopic (exact) mass is 335 g/mol. The minimum Gasteiger partial charge on any atom is -0.496 e. The number of rotatable bonds is 6. The number of aliphatic hydroxyl groups is 1. The number of hydrogen-bond acceptors (Lipinski definition) is 3. The molecule has 1 atom stereocenters. The molecule has 0 aliphatic carbocycles. The summed E-state index contributed by atoms with van der Waals surface area (Å²) >= 11 is 3.37. The van der Waals surface area contributed by atoms with Gasteiger partial charge in [0.15, 0.2) is 0 Å². The van der Waals surface area contributed by atoms with Crippen LogP contribution in [0.4, 0.5) is 0 Å². The molecule has 2 aromatic rings. The van der Waals surface area contributed by atoms with Crippen molar-refractivity contribution in [3.63, 3.8) is 0 Å². The Hall–Kier alpha value is -1.39. The molecule has 20 heavy (non-hydrogen) atoms. The summed E-state index contributed by atoms with van der Waals surface area (Å²) in [5.74, 6) is 1.01. The van der Waals surface area contributed by atoms with Crippen molar-refractivity contribution in [2.45, 2.75) is 12.8 Å². The molecule has 2 rings (SSSR count). The number of para-hydroxylation sites is 1. The molecule has 1 heterocycles. The molecule has 1 unspecified atom stereocenters. The van der Waals surface area contributed by atoms with Gasteiger partial charge in [-0.25, -0.2) is 0 Å². The summed E-state index contributed by atoms with van der Waals surface area (Å²) in [7, 11) is 1.67. The maximum Gasteiger partial charge on any atom is 0.122 e. The number of aromatic nitrogens is 1. The molecule has 0 aliphatic rings. The van der Waals surface area contributed by atoms with E-state index in [9.17, 15) is 5.11 Å². The van der Waals surface area contributed by atoms with Crippen molar-refractivity contribution in [3.05, 3.63) is 58.3 Å². The Morgan fingerprint density at radius 3 is 2.65 bits per heavy atom. The summed E-state index contributed by atoms with van der Waals surface area (Å²) in [6.45, 7) is 0.135. The quantitative estimate of drug-likeness (QED) is 0.881. The number of pyridine rings is 1. The highest BCUT2D eigenvalue weighted by Gasteiger charge is 2.13. The zero-order valence-electron chi connectivity index (χ0n) is 11.4. The lowest BCUT2D eigenvalue weighted by molar-refractivity contribution is 0.223. The van der Waals surface area contributed by atoms with Crippen LogP contribution in [0.25, 0.3) is 0 Å². The van der Waals surface area contributed by atoms with E-state index < -0.39 is 0 Å². The molecule has 0 radical (unpaired) electrons. The topological polar surface area (TPSA) is 42.4 Å². The first-order chi connectivity index (χ1) is 9.72. The van der Waals surface area contributed by atoms with Crippen LogP contribution in [0.5, 0.6) is 5.75 Å². The maximum atomic E-state index is 9.59. The third-order valence-corrected chi connectivity index (χ3v) is 3.71. The van der Waals surface area contributed by atoms with E-state index >= 15 is 0 Å². The van der Waals surface area contributed by atoms with Crippen molar-refractivity contribution in [1.82, 2.24) is 4.98 Å². The van der Waals surface area contributed by atoms with Crippen LogP contribution < -0.4 is 4.74 Å². The van der Waals surface area contributed by atoms with Gasteiger partial charge in [0.1, 0.15) is 5.75 Å². The van der Waals surface area contributed by atoms with Crippen LogP contribution in [0.1, 0.15) is 11.3 Å². The van der Waals surface area contributed by atoms with Gasteiger partial charge in [0, 0.05) is 23.0 Å². The van der Waals surface area contributed by atoms with Gasteiger partial charge in [0.05, 0.1) is 7.11 Å². The van der Waals surface area contributed by atoms with Crippen LogP contribution in [-0.4, -0.2) is 23.8 Å². The Morgan fingerprint density at radius 2 is 2.00 bits per heavy atom. The first-order valence-corrected chi connectivity index (χ1v) is 7.35. The molecule has 0 spiro atoms. The third-order valence-electron chi connectivity index (χ3n) is 3.25. The molecule has 0 amide bonds. The van der Waals surface area contributed by atoms with Gasteiger partial charge in [-0.15, -0.1) is 0 Å². The second-order valence-corrected chi connectivity index (χ2v) is 5.65. The number of nitrogens with zero attached hydrogens (tertiary/aromatic N) is 1. The Morgan fingerprint density at radius 1 is 1.20 bits per heavy atom. The Bertz CT molecular complexity index is 542. The van der Waals surface area contributed by atoms with E-state index in [-0.39, 0.29) is 12.5 Å². The number of ether oxygens (including phenoxy) is 1. The lowest BCUT2D eigenvalue weighted by Crippen LogP contribution is -2.14. The van der Waals surface area contributed by atoms with E-state index in [0.717, 1.165) is 34.3 Å². The van der Waals surface area contributed by atoms with E-state index in [1.807, 2.05) is 36.4 Å². The average Bonchev–Trinajstić information content (AvgIpc) is 2.49. The van der Waals surface area contributed by atoms with Crippen molar-refractivity contribution in [2.75, 3.05) is 13.7 Å². The summed E-state index contributed by atoms with van der Waals surface area (Å²) in [4.78, 5) is 4.36. The van der Waals surface area contributed by atoms with Crippen molar-refractivity contribution >= 4 is 15.9 Å². The molecule has 0 aliphatic heterocycles. The van der Waals surface area contributed by atoms with Gasteiger partial charge < -0.3 is 9.84 Å². The number of benzene rings is 1. The van der Waals surface area contributed by atoms with Crippen LogP contribution >= 0.6 is 15.9 Å². The van der Waals surface area contributed by atoms with E-state index in [4.69, 9.17) is 4.74 Å². The fourth-order valence-corrected chi connectivity index (χ4v) is 2.44. The second-order valence-electron chi connectivity index (χ2n) is 4.74. The van der Waals surface area contributed by atoms with Crippen molar-refractivity contribution < 1.29 is 9.84 Å². The van der Waals surface area contributed by atoms with Crippen LogP contribution in [0, 0.1) is 5.92 Å². The minimum absolute atomic E-state index is 0.135. The lowest BCUT2D eigenvalue weighted by Gasteiger charge is -2.16. The fraction of sp³-hybridized carbons (Fsp3) is 0.312. The zero-order valence-corrected chi connectivity index (χ0v) is 13.0. The van der Waals surface area contributed by atoms with E-state index in [1.54, 1.807) is 13.3 Å². The molecule has 1 N–H and O–H groups in total. The number of halogens is 1. The van der Waals surface area contributed by atoms with E-state index in [2.05, 4.69) is 20.9 Å². The van der Waals surface area contributed by atoms with Crippen LogP contribution in [-0.2, 0) is 12.8 Å². The Balaban J connectivity index is 2.07. The zero-order chi connectivity index (χ0) is 14.4. The Labute approximate surface area is 127 Å². The van der Waals surface area contributed by atoms with Gasteiger partial charge in [-0.05, 0) is 58.5 Å². The van der Waals surface area contributed by atoms with Gasteiger partial charge in [0.2, 0.25) is 0 Å². The van der Waals surface area contributed by atoms with E-state index in [0.29, 0.717) is 0 Å². The fourth-order valence-electron chi connectivity index (χ4n) is 2.21. The van der Waals surface area contributed by atoms with Gasteiger partial charge in [-0.1, -0.05) is 18.2 Å². The SMILES string of the molecule is COc1ccccc1CC(CO)Cc1ccc(Br)cn1. The van der Waals surface area contributed by atoms with Crippen molar-refractivity contribution in [2.24, 2.45) is 5.92 Å². The van der Waals surface area contributed by atoms with Crippen LogP contribution in [0.15, 0.2) is 47.1 Å². The summed E-state index contributed by atoms with van der Waals surface area (Å²) < 4.78 is 6.32. The third kappa shape index (κ3) is 4.05. The molecule has 0 saturated carbocycles. The molecule has 0 saturated heterocycles. The summed E-state index contributed by atoms with van der Waals surface area (Å²) in [6, 6.07) is 11.9. The number of methoxy groups -OCH3 is 1. The molecule has 3 nitrogen and oxygen atoms in total. The highest BCUT2D eigenvalue weighted by atomic mass is 79.9. The number of hydrogen-bond donors (Lipinski definition) is 1. The first kappa shape index (κ1) is 15.0. The molecule has 4 heteroatoms. The highest BCUT2D eigenvalue weighted by Crippen LogP contribution is 2.22. The predicted octanol–water partition coefficient (Wildman–Crippen LogP) is 3.25. The molecular weight excluding hydrogens is 318 g/mol. The van der Waals surface area contributed by atoms with E-state index in [1.165, 1.54) is 0 Å². The van der Waals surface area contributed by atoms with Crippen molar-refractivity contribution in [1.29, 1.82) is 0 Å². The second kappa shape index (κ2) is 7.41. The van der Waals surface area contributed by atoms with Gasteiger partial charge >= 0.3 is 0 Å². The predicted molar refractivity (Wildman–Crippen MR) is 82.9 cm³/mol. The average molecular weight is 336 g/mol. The maximum absolute atomic E-state index is 9.59.